The zero-order chi connectivity index (χ0) is 23.3. The minimum Gasteiger partial charge on any atom is -0.336 e. The zero-order valence-corrected chi connectivity index (χ0v) is 19.5. The highest BCUT2D eigenvalue weighted by atomic mass is 32.2. The van der Waals surface area contributed by atoms with Crippen molar-refractivity contribution in [3.8, 4) is 0 Å². The number of carbonyl (C=O) groups excluding carboxylic acids is 1. The maximum Gasteiger partial charge on any atom is 0.254 e. The molecule has 5 rings (SSSR count). The van der Waals surface area contributed by atoms with Crippen molar-refractivity contribution >= 4 is 34.4 Å². The molecule has 1 N–H and O–H groups in total. The number of fused-ring (bicyclic) bond motifs is 1. The summed E-state index contributed by atoms with van der Waals surface area (Å²) in [6.07, 6.45) is 1.74. The lowest BCUT2D eigenvalue weighted by Gasteiger charge is -2.34. The number of nitrogens with one attached hydrogen (secondary N) is 1. The van der Waals surface area contributed by atoms with E-state index in [2.05, 4.69) is 26.7 Å². The van der Waals surface area contributed by atoms with E-state index in [1.54, 1.807) is 23.2 Å². The number of anilines is 1. The normalized spacial score (nSPS) is 14.3. The molecule has 4 aromatic rings. The summed E-state index contributed by atoms with van der Waals surface area (Å²) in [5.41, 5.74) is 2.84. The van der Waals surface area contributed by atoms with E-state index >= 15 is 0 Å². The van der Waals surface area contributed by atoms with E-state index in [0.29, 0.717) is 24.3 Å². The summed E-state index contributed by atoms with van der Waals surface area (Å²) in [5.74, 6) is -0.579. The molecule has 1 aliphatic rings. The SMILES string of the molecule is O=C(c1ccc(NSc2cccc3cccnc23)c(F)c1)N1CCN(Cc2ccccc2)CC1. The van der Waals surface area contributed by atoms with E-state index < -0.39 is 5.82 Å². The average molecular weight is 473 g/mol. The number of nitrogens with zero attached hydrogens (tertiary/aromatic N) is 3. The van der Waals surface area contributed by atoms with Crippen LogP contribution in [0.1, 0.15) is 15.9 Å². The van der Waals surface area contributed by atoms with Crippen LogP contribution in [0.3, 0.4) is 0 Å². The zero-order valence-electron chi connectivity index (χ0n) is 18.7. The molecule has 1 amide bonds. The maximum atomic E-state index is 14.8. The number of carbonyl (C=O) groups is 1. The molecule has 0 saturated carbocycles. The van der Waals surface area contributed by atoms with Crippen molar-refractivity contribution in [1.29, 1.82) is 0 Å². The summed E-state index contributed by atoms with van der Waals surface area (Å²) in [6.45, 7) is 3.76. The molecule has 0 bridgehead atoms. The van der Waals surface area contributed by atoms with E-state index in [9.17, 15) is 9.18 Å². The lowest BCUT2D eigenvalue weighted by molar-refractivity contribution is 0.0628. The van der Waals surface area contributed by atoms with Gasteiger partial charge in [0.2, 0.25) is 0 Å². The second kappa shape index (κ2) is 10.2. The molecule has 5 nitrogen and oxygen atoms in total. The van der Waals surface area contributed by atoms with Gasteiger partial charge in [-0.2, -0.15) is 0 Å². The third kappa shape index (κ3) is 5.05. The molecule has 3 aromatic carbocycles. The van der Waals surface area contributed by atoms with Crippen LogP contribution < -0.4 is 4.72 Å². The monoisotopic (exact) mass is 472 g/mol. The fourth-order valence-electron chi connectivity index (χ4n) is 4.13. The Balaban J connectivity index is 1.19. The second-order valence-corrected chi connectivity index (χ2v) is 9.13. The minimum atomic E-state index is -0.450. The molecule has 172 valence electrons. The fourth-order valence-corrected chi connectivity index (χ4v) is 4.93. The predicted octanol–water partition coefficient (Wildman–Crippen LogP) is 5.45. The molecule has 1 aromatic heterocycles. The second-order valence-electron chi connectivity index (χ2n) is 8.28. The van der Waals surface area contributed by atoms with Crippen LogP contribution in [-0.4, -0.2) is 46.9 Å². The molecule has 2 heterocycles. The highest BCUT2D eigenvalue weighted by Crippen LogP contribution is 2.29. The number of halogens is 1. The van der Waals surface area contributed by atoms with Crippen molar-refractivity contribution < 1.29 is 9.18 Å². The average Bonchev–Trinajstić information content (AvgIpc) is 2.88. The molecular weight excluding hydrogens is 447 g/mol. The van der Waals surface area contributed by atoms with Gasteiger partial charge in [-0.05, 0) is 47.8 Å². The summed E-state index contributed by atoms with van der Waals surface area (Å²) in [7, 11) is 0. The van der Waals surface area contributed by atoms with E-state index in [1.165, 1.54) is 23.6 Å². The van der Waals surface area contributed by atoms with Gasteiger partial charge in [0, 0.05) is 49.9 Å². The summed E-state index contributed by atoms with van der Waals surface area (Å²) in [4.78, 5) is 22.4. The smallest absolute Gasteiger partial charge is 0.254 e. The number of hydrogen-bond donors (Lipinski definition) is 1. The van der Waals surface area contributed by atoms with Crippen molar-refractivity contribution in [2.75, 3.05) is 30.9 Å². The summed E-state index contributed by atoms with van der Waals surface area (Å²) in [6, 6.07) is 24.7. The molecule has 1 fully saturated rings. The minimum absolute atomic E-state index is 0.129. The van der Waals surface area contributed by atoms with Gasteiger partial charge in [-0.3, -0.25) is 14.7 Å². The highest BCUT2D eigenvalue weighted by molar-refractivity contribution is 8.00. The van der Waals surface area contributed by atoms with Crippen LogP contribution in [0.2, 0.25) is 0 Å². The van der Waals surface area contributed by atoms with Gasteiger partial charge < -0.3 is 9.62 Å². The third-order valence-electron chi connectivity index (χ3n) is 5.99. The summed E-state index contributed by atoms with van der Waals surface area (Å²) in [5, 5.41) is 1.03. The van der Waals surface area contributed by atoms with Crippen molar-refractivity contribution in [2.45, 2.75) is 11.4 Å². The maximum absolute atomic E-state index is 14.8. The van der Waals surface area contributed by atoms with Crippen LogP contribution in [0.25, 0.3) is 10.9 Å². The van der Waals surface area contributed by atoms with Gasteiger partial charge in [-0.25, -0.2) is 4.39 Å². The fraction of sp³-hybridized carbons (Fsp3) is 0.185. The first kappa shape index (κ1) is 22.4. The van der Waals surface area contributed by atoms with Crippen molar-refractivity contribution in [1.82, 2.24) is 14.8 Å². The third-order valence-corrected chi connectivity index (χ3v) is 6.86. The van der Waals surface area contributed by atoms with E-state index in [0.717, 1.165) is 35.4 Å². The molecular formula is C27H25FN4OS. The number of para-hydroxylation sites is 1. The number of aromatic nitrogens is 1. The first-order chi connectivity index (χ1) is 16.7. The van der Waals surface area contributed by atoms with E-state index in [-0.39, 0.29) is 5.91 Å². The first-order valence-corrected chi connectivity index (χ1v) is 12.1. The van der Waals surface area contributed by atoms with E-state index in [1.807, 2.05) is 48.5 Å². The largest absolute Gasteiger partial charge is 0.336 e. The van der Waals surface area contributed by atoms with E-state index in [4.69, 9.17) is 0 Å². The molecule has 0 radical (unpaired) electrons. The molecule has 0 atom stereocenters. The number of piperazine rings is 1. The van der Waals surface area contributed by atoms with Gasteiger partial charge in [0.15, 0.2) is 0 Å². The lowest BCUT2D eigenvalue weighted by atomic mass is 10.1. The molecule has 0 aliphatic carbocycles. The Morgan fingerprint density at radius 3 is 2.53 bits per heavy atom. The van der Waals surface area contributed by atoms with Crippen LogP contribution in [0.4, 0.5) is 10.1 Å². The molecule has 0 spiro atoms. The Morgan fingerprint density at radius 1 is 0.941 bits per heavy atom. The number of pyridine rings is 1. The number of hydrogen-bond acceptors (Lipinski definition) is 5. The summed E-state index contributed by atoms with van der Waals surface area (Å²) < 4.78 is 17.9. The Kier molecular flexibility index (Phi) is 6.74. The van der Waals surface area contributed by atoms with Gasteiger partial charge in [-0.15, -0.1) is 0 Å². The topological polar surface area (TPSA) is 48.5 Å². The van der Waals surface area contributed by atoms with Crippen LogP contribution in [0.5, 0.6) is 0 Å². The molecule has 34 heavy (non-hydrogen) atoms. The first-order valence-electron chi connectivity index (χ1n) is 11.3. The number of amides is 1. The van der Waals surface area contributed by atoms with Crippen molar-refractivity contribution in [3.63, 3.8) is 0 Å². The molecule has 0 unspecified atom stereocenters. The van der Waals surface area contributed by atoms with Gasteiger partial charge in [-0.1, -0.05) is 48.5 Å². The van der Waals surface area contributed by atoms with Gasteiger partial charge in [0.05, 0.1) is 16.1 Å². The van der Waals surface area contributed by atoms with Crippen molar-refractivity contribution in [3.05, 3.63) is 102 Å². The molecule has 1 aliphatic heterocycles. The van der Waals surface area contributed by atoms with Crippen LogP contribution >= 0.6 is 11.9 Å². The van der Waals surface area contributed by atoms with Gasteiger partial charge >= 0.3 is 0 Å². The molecule has 7 heteroatoms. The highest BCUT2D eigenvalue weighted by Gasteiger charge is 2.23. The van der Waals surface area contributed by atoms with Crippen LogP contribution in [0, 0.1) is 5.82 Å². The van der Waals surface area contributed by atoms with Crippen LogP contribution in [0.15, 0.2) is 90.0 Å². The Hall–Kier alpha value is -3.42. The van der Waals surface area contributed by atoms with Gasteiger partial charge in [0.1, 0.15) is 5.82 Å². The lowest BCUT2D eigenvalue weighted by Crippen LogP contribution is -2.48. The standard InChI is InChI=1S/C27H25FN4OS/c28-23-18-22(27(33)32-16-14-31(15-17-32)19-20-6-2-1-3-7-20)11-12-24(23)30-34-25-10-4-8-21-9-5-13-29-26(21)25/h1-13,18,30H,14-17,19H2. The Labute approximate surface area is 202 Å². The predicted molar refractivity (Wildman–Crippen MR) is 135 cm³/mol. The Morgan fingerprint density at radius 2 is 1.74 bits per heavy atom. The Bertz CT molecular complexity index is 1290. The van der Waals surface area contributed by atoms with Crippen LogP contribution in [-0.2, 0) is 6.54 Å². The summed E-state index contributed by atoms with van der Waals surface area (Å²) >= 11 is 1.31. The number of rotatable bonds is 6. The van der Waals surface area contributed by atoms with Gasteiger partial charge in [0.25, 0.3) is 5.91 Å². The molecule has 1 saturated heterocycles. The number of benzene rings is 3. The van der Waals surface area contributed by atoms with Crippen molar-refractivity contribution in [2.24, 2.45) is 0 Å². The quantitative estimate of drug-likeness (QED) is 0.378.